The first-order valence-electron chi connectivity index (χ1n) is 10.8. The number of aliphatic hydroxyl groups excluding tert-OH is 1. The molecule has 0 bridgehead atoms. The molecule has 1 amide bonds. The van der Waals surface area contributed by atoms with Gasteiger partial charge in [0, 0.05) is 57.7 Å². The summed E-state index contributed by atoms with van der Waals surface area (Å²) < 4.78 is 8.60. The van der Waals surface area contributed by atoms with Crippen LogP contribution in [0.25, 0.3) is 0 Å². The van der Waals surface area contributed by atoms with Gasteiger partial charge in [-0.05, 0) is 18.4 Å². The highest BCUT2D eigenvalue weighted by Gasteiger charge is 2.44. The van der Waals surface area contributed by atoms with E-state index in [2.05, 4.69) is 28.6 Å². The van der Waals surface area contributed by atoms with Gasteiger partial charge in [0.05, 0.1) is 17.8 Å². The number of carbonyl (C=O) groups is 1. The summed E-state index contributed by atoms with van der Waals surface area (Å²) in [5, 5.41) is 10.5. The van der Waals surface area contributed by atoms with Crippen molar-refractivity contribution in [3.05, 3.63) is 54.1 Å². The van der Waals surface area contributed by atoms with E-state index in [-0.39, 0.29) is 23.7 Å². The second-order valence-electron chi connectivity index (χ2n) is 8.32. The summed E-state index contributed by atoms with van der Waals surface area (Å²) in [7, 11) is 0. The minimum absolute atomic E-state index is 0.0732. The quantitative estimate of drug-likeness (QED) is 0.842. The van der Waals surface area contributed by atoms with Crippen LogP contribution in [0, 0.1) is 0 Å². The number of aromatic nitrogens is 2. The van der Waals surface area contributed by atoms with E-state index in [0.29, 0.717) is 38.9 Å². The van der Waals surface area contributed by atoms with Gasteiger partial charge in [0.25, 0.3) is 0 Å². The van der Waals surface area contributed by atoms with Crippen molar-refractivity contribution in [3.8, 4) is 0 Å². The number of amides is 1. The number of carbonyl (C=O) groups excluding carboxylic acids is 1. The molecule has 0 radical (unpaired) electrons. The van der Waals surface area contributed by atoms with Gasteiger partial charge in [-0.2, -0.15) is 0 Å². The minimum Gasteiger partial charge on any atom is -0.393 e. The summed E-state index contributed by atoms with van der Waals surface area (Å²) in [6.45, 7) is 4.14. The second kappa shape index (κ2) is 8.67. The first-order valence-corrected chi connectivity index (χ1v) is 10.8. The van der Waals surface area contributed by atoms with Gasteiger partial charge >= 0.3 is 0 Å². The third kappa shape index (κ3) is 4.54. The molecule has 3 heterocycles. The van der Waals surface area contributed by atoms with Crippen molar-refractivity contribution in [2.45, 2.75) is 69.8 Å². The molecule has 0 aliphatic carbocycles. The van der Waals surface area contributed by atoms with Crippen LogP contribution in [0.3, 0.4) is 0 Å². The lowest BCUT2D eigenvalue weighted by molar-refractivity contribution is -0.185. The summed E-state index contributed by atoms with van der Waals surface area (Å²) in [5.74, 6) is 1.21. The fraction of sp³-hybridized carbons (Fsp3) is 0.565. The molecule has 0 unspecified atom stereocenters. The summed E-state index contributed by atoms with van der Waals surface area (Å²) in [5.41, 5.74) is 0.797. The Bertz CT molecular complexity index is 812. The molecule has 29 heavy (non-hydrogen) atoms. The predicted molar refractivity (Wildman–Crippen MR) is 110 cm³/mol. The Hall–Kier alpha value is -2.18. The first kappa shape index (κ1) is 20.1. The predicted octanol–water partition coefficient (Wildman–Crippen LogP) is 3.11. The summed E-state index contributed by atoms with van der Waals surface area (Å²) in [6, 6.07) is 10.1. The van der Waals surface area contributed by atoms with Crippen LogP contribution in [0.2, 0.25) is 0 Å². The highest BCUT2D eigenvalue weighted by Crippen LogP contribution is 2.42. The molecule has 156 valence electrons. The molecule has 2 aliphatic rings. The van der Waals surface area contributed by atoms with Crippen molar-refractivity contribution in [1.29, 1.82) is 0 Å². The number of hydrogen-bond acceptors (Lipinski definition) is 4. The molecule has 1 spiro atoms. The number of nitrogens with zero attached hydrogens (tertiary/aromatic N) is 3. The smallest absolute Gasteiger partial charge is 0.224 e. The third-order valence-electron chi connectivity index (χ3n) is 6.37. The lowest BCUT2D eigenvalue weighted by Gasteiger charge is -2.48. The Labute approximate surface area is 172 Å². The van der Waals surface area contributed by atoms with Crippen molar-refractivity contribution < 1.29 is 14.6 Å². The molecule has 1 aromatic heterocycles. The van der Waals surface area contributed by atoms with Gasteiger partial charge in [-0.15, -0.1) is 0 Å². The molecular weight excluding hydrogens is 366 g/mol. The van der Waals surface area contributed by atoms with Crippen LogP contribution in [0.15, 0.2) is 42.7 Å². The first-order chi connectivity index (χ1) is 14.1. The molecule has 2 aromatic rings. The van der Waals surface area contributed by atoms with Crippen molar-refractivity contribution in [2.24, 2.45) is 0 Å². The highest BCUT2D eigenvalue weighted by atomic mass is 16.5. The Balaban J connectivity index is 1.33. The lowest BCUT2D eigenvalue weighted by atomic mass is 9.81. The molecule has 1 aromatic carbocycles. The van der Waals surface area contributed by atoms with Crippen molar-refractivity contribution in [2.75, 3.05) is 13.1 Å². The summed E-state index contributed by atoms with van der Waals surface area (Å²) in [6.07, 6.45) is 7.53. The number of hydrogen-bond donors (Lipinski definition) is 1. The Morgan fingerprint density at radius 2 is 2.03 bits per heavy atom. The van der Waals surface area contributed by atoms with E-state index < -0.39 is 0 Å². The molecular formula is C23H31N3O3. The number of rotatable bonds is 5. The largest absolute Gasteiger partial charge is 0.393 e. The highest BCUT2D eigenvalue weighted by molar-refractivity contribution is 5.76. The Morgan fingerprint density at radius 1 is 1.28 bits per heavy atom. The topological polar surface area (TPSA) is 67.6 Å². The molecule has 0 saturated carbocycles. The second-order valence-corrected chi connectivity index (χ2v) is 8.32. The van der Waals surface area contributed by atoms with Gasteiger partial charge in [0.2, 0.25) is 5.91 Å². The zero-order valence-corrected chi connectivity index (χ0v) is 17.2. The molecule has 1 N–H and O–H groups in total. The van der Waals surface area contributed by atoms with Crippen LogP contribution in [-0.4, -0.2) is 50.3 Å². The van der Waals surface area contributed by atoms with E-state index in [1.54, 1.807) is 6.20 Å². The number of ether oxygens (including phenoxy) is 1. The number of aliphatic hydroxyl groups is 1. The summed E-state index contributed by atoms with van der Waals surface area (Å²) in [4.78, 5) is 19.0. The van der Waals surface area contributed by atoms with Gasteiger partial charge in [0.15, 0.2) is 0 Å². The van der Waals surface area contributed by atoms with Gasteiger partial charge in [0.1, 0.15) is 5.82 Å². The van der Waals surface area contributed by atoms with Gasteiger partial charge in [-0.25, -0.2) is 4.98 Å². The van der Waals surface area contributed by atoms with Gasteiger partial charge in [-0.3, -0.25) is 4.79 Å². The van der Waals surface area contributed by atoms with Gasteiger partial charge < -0.3 is 19.3 Å². The van der Waals surface area contributed by atoms with Crippen molar-refractivity contribution in [1.82, 2.24) is 14.5 Å². The fourth-order valence-electron chi connectivity index (χ4n) is 4.75. The van der Waals surface area contributed by atoms with E-state index in [1.165, 1.54) is 0 Å². The van der Waals surface area contributed by atoms with Crippen LogP contribution in [0.4, 0.5) is 0 Å². The Morgan fingerprint density at radius 3 is 2.76 bits per heavy atom. The van der Waals surface area contributed by atoms with Crippen LogP contribution in [-0.2, 0) is 22.5 Å². The number of piperidine rings is 1. The number of benzene rings is 1. The van der Waals surface area contributed by atoms with Crippen LogP contribution in [0.1, 0.15) is 56.5 Å². The van der Waals surface area contributed by atoms with Crippen molar-refractivity contribution in [3.63, 3.8) is 0 Å². The van der Waals surface area contributed by atoms with E-state index in [1.807, 2.05) is 29.3 Å². The van der Waals surface area contributed by atoms with Crippen LogP contribution in [0.5, 0.6) is 0 Å². The summed E-state index contributed by atoms with van der Waals surface area (Å²) >= 11 is 0. The fourth-order valence-corrected chi connectivity index (χ4v) is 4.75. The molecule has 2 fully saturated rings. The zero-order valence-electron chi connectivity index (χ0n) is 17.2. The number of aryl methyl sites for hydroxylation is 2. The molecule has 4 rings (SSSR count). The van der Waals surface area contributed by atoms with E-state index in [9.17, 15) is 9.90 Å². The average molecular weight is 398 g/mol. The molecule has 6 heteroatoms. The SMILES string of the molecule is CCc1nccn1CCC(=O)N1CCC2(CC1)C[C@H](O)C[C@H](c1ccccc1)O2. The molecule has 2 aliphatic heterocycles. The molecule has 2 atom stereocenters. The molecule has 6 nitrogen and oxygen atoms in total. The molecule has 2 saturated heterocycles. The third-order valence-corrected chi connectivity index (χ3v) is 6.37. The number of imidazole rings is 1. The maximum Gasteiger partial charge on any atom is 0.224 e. The average Bonchev–Trinajstić information content (AvgIpc) is 3.20. The standard InChI is InChI=1S/C23H31N3O3/c1-2-21-24-11-15-25(21)12-8-22(28)26-13-9-23(10-14-26)17-19(27)16-20(29-23)18-6-4-3-5-7-18/h3-7,11,15,19-20,27H,2,8-10,12-14,16-17H2,1H3/t19-,20-/m1/s1. The van der Waals surface area contributed by atoms with E-state index in [4.69, 9.17) is 4.74 Å². The minimum atomic E-state index is -0.357. The van der Waals surface area contributed by atoms with Crippen LogP contribution >= 0.6 is 0 Å². The van der Waals surface area contributed by atoms with Crippen LogP contribution < -0.4 is 0 Å². The van der Waals surface area contributed by atoms with Crippen molar-refractivity contribution >= 4 is 5.91 Å². The Kier molecular flexibility index (Phi) is 6.01. The maximum atomic E-state index is 12.7. The van der Waals surface area contributed by atoms with Gasteiger partial charge in [-0.1, -0.05) is 37.3 Å². The maximum absolute atomic E-state index is 12.7. The van der Waals surface area contributed by atoms with E-state index >= 15 is 0 Å². The zero-order chi connectivity index (χ0) is 20.3. The lowest BCUT2D eigenvalue weighted by Crippen LogP contribution is -2.52. The van der Waals surface area contributed by atoms with E-state index in [0.717, 1.165) is 30.7 Å². The normalized spacial score (nSPS) is 24.0. The number of likely N-dealkylation sites (tertiary alicyclic amines) is 1. The monoisotopic (exact) mass is 397 g/mol.